The van der Waals surface area contributed by atoms with Gasteiger partial charge in [0, 0.05) is 30.6 Å². The number of esters is 1. The largest absolute Gasteiger partial charge is 0.488 e. The van der Waals surface area contributed by atoms with Crippen LogP contribution in [0.2, 0.25) is 0 Å². The molecule has 2 aromatic carbocycles. The van der Waals surface area contributed by atoms with E-state index in [2.05, 4.69) is 24.0 Å². The van der Waals surface area contributed by atoms with Crippen molar-refractivity contribution in [1.82, 2.24) is 9.88 Å². The van der Waals surface area contributed by atoms with Gasteiger partial charge in [0.1, 0.15) is 18.0 Å². The topological polar surface area (TPSA) is 105 Å². The number of hydrogen-bond acceptors (Lipinski definition) is 9. The van der Waals surface area contributed by atoms with Crippen LogP contribution >= 0.6 is 11.3 Å². The molecule has 2 aliphatic heterocycles. The number of aryl methyl sites for hydroxylation is 1. The van der Waals surface area contributed by atoms with Gasteiger partial charge in [-0.25, -0.2) is 9.78 Å². The normalized spacial score (nSPS) is 18.2. The molecule has 1 saturated heterocycles. The molecule has 1 amide bonds. The van der Waals surface area contributed by atoms with Gasteiger partial charge in [0.25, 0.3) is 0 Å². The Morgan fingerprint density at radius 3 is 2.72 bits per heavy atom. The monoisotopic (exact) mass is 602 g/mol. The lowest BCUT2D eigenvalue weighted by Gasteiger charge is -2.32. The molecule has 0 saturated carbocycles. The number of hydrogen-bond donors (Lipinski definition) is 0. The van der Waals surface area contributed by atoms with Crippen molar-refractivity contribution in [2.24, 2.45) is 11.8 Å². The lowest BCUT2D eigenvalue weighted by atomic mass is 9.93. The number of carbonyl (C=O) groups is 2. The number of carbonyl (C=O) groups excluding carboxylic acids is 2. The zero-order chi connectivity index (χ0) is 30.9. The van der Waals surface area contributed by atoms with Crippen molar-refractivity contribution in [3.05, 3.63) is 63.5 Å². The molecule has 1 fully saturated rings. The molecule has 0 bridgehead atoms. The molecule has 0 radical (unpaired) electrons. The van der Waals surface area contributed by atoms with E-state index < -0.39 is 5.60 Å². The number of ether oxygens (including phenoxy) is 3. The number of nitrogens with zero attached hydrogens (tertiary/aromatic N) is 4. The number of methoxy groups -OCH3 is 1. The zero-order valence-corrected chi connectivity index (χ0v) is 26.4. The number of thiazole rings is 1. The maximum atomic E-state index is 12.6. The van der Waals surface area contributed by atoms with Crippen LogP contribution in [0, 0.1) is 30.1 Å². The molecule has 5 rings (SSSR count). The smallest absolute Gasteiger partial charge is 0.410 e. The van der Waals surface area contributed by atoms with E-state index >= 15 is 0 Å². The summed E-state index contributed by atoms with van der Waals surface area (Å²) in [4.78, 5) is 33.6. The van der Waals surface area contributed by atoms with Crippen molar-refractivity contribution in [2.75, 3.05) is 31.6 Å². The van der Waals surface area contributed by atoms with Crippen molar-refractivity contribution < 1.29 is 23.8 Å². The Bertz CT molecular complexity index is 1570. The van der Waals surface area contributed by atoms with E-state index in [1.165, 1.54) is 7.11 Å². The predicted octanol–water partition coefficient (Wildman–Crippen LogP) is 6.11. The van der Waals surface area contributed by atoms with E-state index in [-0.39, 0.29) is 30.5 Å². The second-order valence-corrected chi connectivity index (χ2v) is 13.1. The number of fused-ring (bicyclic) bond motifs is 1. The molecule has 0 aliphatic carbocycles. The molecule has 3 heterocycles. The van der Waals surface area contributed by atoms with Gasteiger partial charge in [-0.15, -0.1) is 11.3 Å². The van der Waals surface area contributed by atoms with Gasteiger partial charge >= 0.3 is 12.1 Å². The first kappa shape index (κ1) is 30.4. The van der Waals surface area contributed by atoms with Gasteiger partial charge in [0.15, 0.2) is 5.13 Å². The van der Waals surface area contributed by atoms with Gasteiger partial charge < -0.3 is 24.0 Å². The number of amides is 1. The molecular weight excluding hydrogens is 564 g/mol. The average Bonchev–Trinajstić information content (AvgIpc) is 3.61. The summed E-state index contributed by atoms with van der Waals surface area (Å²) in [7, 11) is 1.43. The third-order valence-electron chi connectivity index (χ3n) is 7.92. The lowest BCUT2D eigenvalue weighted by Crippen LogP contribution is -2.40. The first-order chi connectivity index (χ1) is 20.5. The molecule has 3 aromatic rings. The van der Waals surface area contributed by atoms with Gasteiger partial charge in [-0.05, 0) is 74.4 Å². The minimum Gasteiger partial charge on any atom is -0.488 e. The summed E-state index contributed by atoms with van der Waals surface area (Å²) in [6.45, 7) is 12.1. The van der Waals surface area contributed by atoms with Crippen molar-refractivity contribution in [3.8, 4) is 23.1 Å². The summed E-state index contributed by atoms with van der Waals surface area (Å²) in [6, 6.07) is 12.2. The number of para-hydroxylation sites is 1. The molecule has 43 heavy (non-hydrogen) atoms. The van der Waals surface area contributed by atoms with Crippen LogP contribution in [0.3, 0.4) is 0 Å². The molecule has 2 atom stereocenters. The van der Waals surface area contributed by atoms with Crippen molar-refractivity contribution in [2.45, 2.75) is 59.8 Å². The molecule has 0 spiro atoms. The first-order valence-corrected chi connectivity index (χ1v) is 15.4. The standard InChI is InChI=1S/C33H38N4O5S/c1-20-8-7-9-25(28-19-43-31(35-28)37-15-21(2)26(16-37)30(38)40-6)29(20)41-18-22-12-23-10-11-36(32(39)42-33(3,4)5)17-27(23)24(13-22)14-34/h7-9,12-13,19,21,26H,10-11,15-18H2,1-6H3/t21-,26-/m0/s1. The highest BCUT2D eigenvalue weighted by atomic mass is 32.1. The Morgan fingerprint density at radius 1 is 1.21 bits per heavy atom. The Balaban J connectivity index is 1.33. The van der Waals surface area contributed by atoms with Crippen LogP contribution in [0.15, 0.2) is 35.7 Å². The third-order valence-corrected chi connectivity index (χ3v) is 8.83. The van der Waals surface area contributed by atoms with Gasteiger partial charge in [-0.2, -0.15) is 5.26 Å². The maximum Gasteiger partial charge on any atom is 0.410 e. The molecule has 1 aromatic heterocycles. The SMILES string of the molecule is COC(=O)[C@H]1CN(c2nc(-c3cccc(C)c3OCc3cc(C#N)c4c(c3)CCN(C(=O)OC(C)(C)C)C4)cs2)C[C@@H]1C. The fourth-order valence-corrected chi connectivity index (χ4v) is 6.56. The molecule has 9 nitrogen and oxygen atoms in total. The van der Waals surface area contributed by atoms with Crippen molar-refractivity contribution >= 4 is 28.5 Å². The predicted molar refractivity (Wildman–Crippen MR) is 165 cm³/mol. The molecule has 2 aliphatic rings. The van der Waals surface area contributed by atoms with Crippen LogP contribution in [0.1, 0.15) is 55.5 Å². The second kappa shape index (κ2) is 12.3. The fourth-order valence-electron chi connectivity index (χ4n) is 5.71. The Morgan fingerprint density at radius 2 is 2.00 bits per heavy atom. The summed E-state index contributed by atoms with van der Waals surface area (Å²) in [6.07, 6.45) is 0.273. The Hall–Kier alpha value is -4.10. The Kier molecular flexibility index (Phi) is 8.65. The average molecular weight is 603 g/mol. The number of aromatic nitrogens is 1. The van der Waals surface area contributed by atoms with E-state index in [1.807, 2.05) is 57.3 Å². The lowest BCUT2D eigenvalue weighted by molar-refractivity contribution is -0.145. The highest BCUT2D eigenvalue weighted by Crippen LogP contribution is 2.38. The number of rotatable bonds is 6. The van der Waals surface area contributed by atoms with E-state index in [0.717, 1.165) is 50.9 Å². The highest BCUT2D eigenvalue weighted by molar-refractivity contribution is 7.14. The quantitative estimate of drug-likeness (QED) is 0.312. The van der Waals surface area contributed by atoms with Crippen LogP contribution in [0.25, 0.3) is 11.3 Å². The third kappa shape index (κ3) is 6.62. The van der Waals surface area contributed by atoms with Crippen LogP contribution < -0.4 is 9.64 Å². The van der Waals surface area contributed by atoms with Gasteiger partial charge in [-0.3, -0.25) is 4.79 Å². The Labute approximate surface area is 257 Å². The van der Waals surface area contributed by atoms with E-state index in [0.29, 0.717) is 31.6 Å². The first-order valence-electron chi connectivity index (χ1n) is 14.5. The molecular formula is C33H38N4O5S. The van der Waals surface area contributed by atoms with Crippen LogP contribution in [0.4, 0.5) is 9.93 Å². The second-order valence-electron chi connectivity index (χ2n) is 12.3. The van der Waals surface area contributed by atoms with E-state index in [4.69, 9.17) is 19.2 Å². The molecule has 0 unspecified atom stereocenters. The van der Waals surface area contributed by atoms with Crippen LogP contribution in [0.5, 0.6) is 5.75 Å². The summed E-state index contributed by atoms with van der Waals surface area (Å²) < 4.78 is 17.0. The number of benzene rings is 2. The van der Waals surface area contributed by atoms with Crippen LogP contribution in [-0.2, 0) is 33.8 Å². The minimum absolute atomic E-state index is 0.162. The summed E-state index contributed by atoms with van der Waals surface area (Å²) in [5.41, 5.74) is 5.48. The highest BCUT2D eigenvalue weighted by Gasteiger charge is 2.37. The summed E-state index contributed by atoms with van der Waals surface area (Å²) in [5.74, 6) is 0.593. The van der Waals surface area contributed by atoms with E-state index in [1.54, 1.807) is 16.2 Å². The minimum atomic E-state index is -0.578. The van der Waals surface area contributed by atoms with E-state index in [9.17, 15) is 14.9 Å². The summed E-state index contributed by atoms with van der Waals surface area (Å²) in [5, 5.41) is 12.9. The van der Waals surface area contributed by atoms with Gasteiger partial charge in [-0.1, -0.05) is 25.1 Å². The molecule has 226 valence electrons. The number of anilines is 1. The van der Waals surface area contributed by atoms with Crippen LogP contribution in [-0.4, -0.2) is 54.3 Å². The molecule has 10 heteroatoms. The molecule has 0 N–H and O–H groups in total. The van der Waals surface area contributed by atoms with Gasteiger partial charge in [0.05, 0.1) is 36.9 Å². The van der Waals surface area contributed by atoms with Crippen molar-refractivity contribution in [1.29, 1.82) is 5.26 Å². The number of nitriles is 1. The van der Waals surface area contributed by atoms with Gasteiger partial charge in [0.2, 0.25) is 0 Å². The van der Waals surface area contributed by atoms with Crippen molar-refractivity contribution in [3.63, 3.8) is 0 Å². The fraction of sp³-hybridized carbons (Fsp3) is 0.455. The zero-order valence-electron chi connectivity index (χ0n) is 25.6. The summed E-state index contributed by atoms with van der Waals surface area (Å²) >= 11 is 1.55. The maximum absolute atomic E-state index is 12.6.